The average Bonchev–Trinajstić information content (AvgIpc) is 3.18. The van der Waals surface area contributed by atoms with Crippen LogP contribution in [0.2, 0.25) is 0 Å². The molecule has 0 atom stereocenters. The molecule has 0 radical (unpaired) electrons. The van der Waals surface area contributed by atoms with E-state index in [2.05, 4.69) is 60.7 Å². The first kappa shape index (κ1) is 23.1. The van der Waals surface area contributed by atoms with E-state index >= 15 is 0 Å². The molecule has 0 unspecified atom stereocenters. The van der Waals surface area contributed by atoms with Crippen molar-refractivity contribution in [2.75, 3.05) is 7.11 Å². The molecule has 5 aromatic rings. The number of aryl methyl sites for hydroxylation is 2. The number of benzene rings is 4. The Hall–Kier alpha value is -3.63. The average molecular weight is 482 g/mol. The van der Waals surface area contributed by atoms with Crippen LogP contribution in [0.1, 0.15) is 40.9 Å². The lowest BCUT2D eigenvalue weighted by Crippen LogP contribution is -2.26. The molecule has 0 amide bonds. The van der Waals surface area contributed by atoms with Gasteiger partial charge in [-0.15, -0.1) is 0 Å². The fourth-order valence-corrected chi connectivity index (χ4v) is 7.36. The molecule has 1 heterocycles. The van der Waals surface area contributed by atoms with Gasteiger partial charge in [-0.1, -0.05) is 36.4 Å². The van der Waals surface area contributed by atoms with Crippen LogP contribution in [0.3, 0.4) is 0 Å². The van der Waals surface area contributed by atoms with Gasteiger partial charge < -0.3 is 9.47 Å². The van der Waals surface area contributed by atoms with Crippen molar-refractivity contribution in [1.82, 2.24) is 0 Å². The van der Waals surface area contributed by atoms with Crippen molar-refractivity contribution in [2.45, 2.75) is 33.3 Å². The quantitative estimate of drug-likeness (QED) is 0.187. The largest absolute Gasteiger partial charge is 0.497 e. The van der Waals surface area contributed by atoms with Gasteiger partial charge in [-0.2, -0.15) is 0 Å². The number of rotatable bonds is 5. The van der Waals surface area contributed by atoms with Crippen LogP contribution < -0.4 is 4.74 Å². The molecule has 1 aromatic heterocycles. The highest BCUT2D eigenvalue weighted by atomic mass is 32.2. The fraction of sp³-hybridized carbons (Fsp3) is 0.194. The summed E-state index contributed by atoms with van der Waals surface area (Å²) in [6.07, 6.45) is 0. The van der Waals surface area contributed by atoms with Gasteiger partial charge in [0.05, 0.1) is 12.7 Å². The van der Waals surface area contributed by atoms with Gasteiger partial charge in [0, 0.05) is 33.4 Å². The van der Waals surface area contributed by atoms with E-state index in [1.807, 2.05) is 52.0 Å². The highest BCUT2D eigenvalue weighted by molar-refractivity contribution is 7.50. The predicted octanol–water partition coefficient (Wildman–Crippen LogP) is 8.45. The molecule has 3 nitrogen and oxygen atoms in total. The Kier molecular flexibility index (Phi) is 5.86. The van der Waals surface area contributed by atoms with Crippen molar-refractivity contribution in [3.05, 3.63) is 107 Å². The van der Waals surface area contributed by atoms with E-state index in [9.17, 15) is 4.79 Å². The number of hydrogen-bond donors (Lipinski definition) is 0. The monoisotopic (exact) mass is 481 g/mol. The SMILES string of the molecule is COc1ccc(C(C)(C)OC(=O)c2c(C)cc(-[s+]3c4ccccc4c4ccccc43)cc2C)cc1. The number of carbonyl (C=O) groups excluding carboxylic acids is 1. The first-order valence-corrected chi connectivity index (χ1v) is 12.9. The lowest BCUT2D eigenvalue weighted by molar-refractivity contribution is -0.00328. The smallest absolute Gasteiger partial charge is 0.339 e. The minimum absolute atomic E-state index is 0.199. The molecule has 4 heteroatoms. The summed E-state index contributed by atoms with van der Waals surface area (Å²) in [6, 6.07) is 29.2. The minimum Gasteiger partial charge on any atom is -0.497 e. The molecule has 0 N–H and O–H groups in total. The van der Waals surface area contributed by atoms with Crippen molar-refractivity contribution in [2.24, 2.45) is 0 Å². The second-order valence-electron chi connectivity index (χ2n) is 9.36. The van der Waals surface area contributed by atoms with E-state index in [1.54, 1.807) is 7.11 Å². The van der Waals surface area contributed by atoms with Crippen LogP contribution in [0.25, 0.3) is 25.1 Å². The molecule has 0 saturated carbocycles. The Morgan fingerprint density at radius 2 is 1.29 bits per heavy atom. The van der Waals surface area contributed by atoms with Crippen LogP contribution >= 0.6 is 10.5 Å². The number of thiophene rings is 1. The Morgan fingerprint density at radius 1 is 0.771 bits per heavy atom. The number of ether oxygens (including phenoxy) is 2. The van der Waals surface area contributed by atoms with Crippen molar-refractivity contribution in [3.63, 3.8) is 0 Å². The van der Waals surface area contributed by atoms with Crippen molar-refractivity contribution in [3.8, 4) is 10.6 Å². The summed E-state index contributed by atoms with van der Waals surface area (Å²) in [6.45, 7) is 7.84. The maximum atomic E-state index is 13.4. The van der Waals surface area contributed by atoms with Gasteiger partial charge in [0.25, 0.3) is 0 Å². The zero-order valence-electron chi connectivity index (χ0n) is 20.7. The molecule has 35 heavy (non-hydrogen) atoms. The van der Waals surface area contributed by atoms with Crippen LogP contribution in [-0.2, 0) is 10.3 Å². The Balaban J connectivity index is 1.54. The lowest BCUT2D eigenvalue weighted by atomic mass is 9.97. The fourth-order valence-electron chi connectivity index (χ4n) is 4.80. The number of hydrogen-bond acceptors (Lipinski definition) is 3. The summed E-state index contributed by atoms with van der Waals surface area (Å²) in [5.74, 6) is 0.469. The Labute approximate surface area is 208 Å². The zero-order chi connectivity index (χ0) is 24.7. The second-order valence-corrected chi connectivity index (χ2v) is 11.3. The number of fused-ring (bicyclic) bond motifs is 3. The zero-order valence-corrected chi connectivity index (χ0v) is 21.5. The van der Waals surface area contributed by atoms with Crippen molar-refractivity contribution in [1.29, 1.82) is 0 Å². The summed E-state index contributed by atoms with van der Waals surface area (Å²) in [4.78, 5) is 14.6. The molecule has 176 valence electrons. The van der Waals surface area contributed by atoms with Crippen molar-refractivity contribution >= 4 is 36.6 Å². The molecule has 0 bridgehead atoms. The van der Waals surface area contributed by atoms with Crippen LogP contribution in [0, 0.1) is 13.8 Å². The summed E-state index contributed by atoms with van der Waals surface area (Å²) in [5, 5.41) is 2.60. The molecule has 4 aromatic carbocycles. The van der Waals surface area contributed by atoms with Crippen LogP contribution in [0.5, 0.6) is 5.75 Å². The highest BCUT2D eigenvalue weighted by Gasteiger charge is 2.29. The van der Waals surface area contributed by atoms with Gasteiger partial charge in [0.15, 0.2) is 14.3 Å². The van der Waals surface area contributed by atoms with E-state index in [-0.39, 0.29) is 16.4 Å². The van der Waals surface area contributed by atoms with E-state index < -0.39 is 5.60 Å². The van der Waals surface area contributed by atoms with Gasteiger partial charge in [-0.3, -0.25) is 0 Å². The highest BCUT2D eigenvalue weighted by Crippen LogP contribution is 2.49. The second kappa shape index (κ2) is 8.86. The third kappa shape index (κ3) is 4.08. The number of carbonyl (C=O) groups is 1. The molecular weight excluding hydrogens is 452 g/mol. The summed E-state index contributed by atoms with van der Waals surface area (Å²) in [7, 11) is 1.44. The van der Waals surface area contributed by atoms with E-state index in [4.69, 9.17) is 9.47 Å². The van der Waals surface area contributed by atoms with Gasteiger partial charge >= 0.3 is 5.97 Å². The van der Waals surface area contributed by atoms with E-state index in [0.717, 1.165) is 22.4 Å². The standard InChI is InChI=1S/C31H29O3S/c1-20-18-24(35-27-12-8-6-10-25(27)26-11-7-9-13-28(26)35)19-21(2)29(20)30(32)34-31(3,4)22-14-16-23(33-5)17-15-22/h6-19H,1-5H3/q+1. The molecule has 0 aliphatic carbocycles. The molecule has 0 aliphatic rings. The van der Waals surface area contributed by atoms with Gasteiger partial charge in [-0.05, 0) is 80.8 Å². The number of methoxy groups -OCH3 is 1. The Bertz CT molecular complexity index is 1480. The van der Waals surface area contributed by atoms with Gasteiger partial charge in [-0.25, -0.2) is 4.79 Å². The van der Waals surface area contributed by atoms with Crippen LogP contribution in [0.15, 0.2) is 84.9 Å². The molecule has 0 fully saturated rings. The molecule has 0 aliphatic heterocycles. The summed E-state index contributed by atoms with van der Waals surface area (Å²) < 4.78 is 14.0. The third-order valence-corrected chi connectivity index (χ3v) is 8.88. The first-order chi connectivity index (χ1) is 16.8. The molecule has 5 rings (SSSR count). The predicted molar refractivity (Wildman–Crippen MR) is 146 cm³/mol. The van der Waals surface area contributed by atoms with E-state index in [0.29, 0.717) is 5.56 Å². The van der Waals surface area contributed by atoms with E-state index in [1.165, 1.54) is 25.1 Å². The summed E-state index contributed by atoms with van der Waals surface area (Å²) in [5.41, 5.74) is 2.65. The maximum Gasteiger partial charge on any atom is 0.339 e. The van der Waals surface area contributed by atoms with Gasteiger partial charge in [0.2, 0.25) is 0 Å². The first-order valence-electron chi connectivity index (χ1n) is 11.7. The Morgan fingerprint density at radius 3 is 1.80 bits per heavy atom. The lowest BCUT2D eigenvalue weighted by Gasteiger charge is -2.26. The maximum absolute atomic E-state index is 13.4. The third-order valence-electron chi connectivity index (χ3n) is 6.58. The van der Waals surface area contributed by atoms with Gasteiger partial charge in [0.1, 0.15) is 11.4 Å². The van der Waals surface area contributed by atoms with Crippen LogP contribution in [0.4, 0.5) is 0 Å². The molecule has 0 saturated heterocycles. The minimum atomic E-state index is -0.772. The number of esters is 1. The molecular formula is C31H29O3S+. The van der Waals surface area contributed by atoms with Crippen LogP contribution in [-0.4, -0.2) is 13.1 Å². The summed E-state index contributed by atoms with van der Waals surface area (Å²) >= 11 is 0. The molecule has 0 spiro atoms. The topological polar surface area (TPSA) is 35.5 Å². The van der Waals surface area contributed by atoms with Crippen molar-refractivity contribution < 1.29 is 14.3 Å². The normalized spacial score (nSPS) is 11.7.